The molecule has 0 aliphatic rings. The number of fused-ring (bicyclic) bond motifs is 1. The van der Waals surface area contributed by atoms with Crippen molar-refractivity contribution >= 4 is 22.4 Å². The standard InChI is InChI=1S/C12H11NO.C3H8/c1-9(14)13-12-7-6-10-4-2-3-5-11(10)8-12;1-3-2/h2-8H,1H3,(H,13,14);3H2,1-2H3. The van der Waals surface area contributed by atoms with E-state index in [9.17, 15) is 4.79 Å². The number of benzene rings is 2. The average molecular weight is 229 g/mol. The normalized spacial score (nSPS) is 9.35. The fraction of sp³-hybridized carbons (Fsp3) is 0.267. The Hall–Kier alpha value is -1.83. The molecule has 1 N–H and O–H groups in total. The number of anilines is 1. The summed E-state index contributed by atoms with van der Waals surface area (Å²) in [4.78, 5) is 10.8. The van der Waals surface area contributed by atoms with E-state index in [-0.39, 0.29) is 5.91 Å². The average Bonchev–Trinajstić information content (AvgIpc) is 2.29. The first-order chi connectivity index (χ1) is 8.17. The predicted molar refractivity (Wildman–Crippen MR) is 74.2 cm³/mol. The Labute approximate surface area is 103 Å². The molecule has 0 aromatic heterocycles. The molecule has 0 aliphatic carbocycles. The van der Waals surface area contributed by atoms with Gasteiger partial charge in [0.05, 0.1) is 0 Å². The summed E-state index contributed by atoms with van der Waals surface area (Å²) in [5.74, 6) is -0.0414. The minimum Gasteiger partial charge on any atom is -0.326 e. The van der Waals surface area contributed by atoms with Crippen LogP contribution in [0.4, 0.5) is 5.69 Å². The lowest BCUT2D eigenvalue weighted by Crippen LogP contribution is -2.05. The van der Waals surface area contributed by atoms with Crippen molar-refractivity contribution in [3.63, 3.8) is 0 Å². The van der Waals surface area contributed by atoms with Crippen LogP contribution in [0.5, 0.6) is 0 Å². The first-order valence-corrected chi connectivity index (χ1v) is 5.93. The Kier molecular flexibility index (Phi) is 5.21. The van der Waals surface area contributed by atoms with Crippen molar-refractivity contribution in [3.8, 4) is 0 Å². The molecule has 0 unspecified atom stereocenters. The van der Waals surface area contributed by atoms with Crippen molar-refractivity contribution in [2.24, 2.45) is 0 Å². The van der Waals surface area contributed by atoms with E-state index in [1.54, 1.807) is 0 Å². The first kappa shape index (κ1) is 13.2. The van der Waals surface area contributed by atoms with Crippen LogP contribution in [0.1, 0.15) is 27.2 Å². The highest BCUT2D eigenvalue weighted by Crippen LogP contribution is 2.18. The third kappa shape index (κ3) is 4.27. The maximum absolute atomic E-state index is 10.8. The van der Waals surface area contributed by atoms with E-state index in [4.69, 9.17) is 0 Å². The zero-order valence-corrected chi connectivity index (χ0v) is 10.7. The van der Waals surface area contributed by atoms with Crippen LogP contribution in [0, 0.1) is 0 Å². The number of carbonyl (C=O) groups excluding carboxylic acids is 1. The van der Waals surface area contributed by atoms with Gasteiger partial charge in [0.1, 0.15) is 0 Å². The molecule has 0 heterocycles. The molecule has 2 aromatic rings. The van der Waals surface area contributed by atoms with Gasteiger partial charge in [0, 0.05) is 12.6 Å². The quantitative estimate of drug-likeness (QED) is 0.779. The molecule has 0 bridgehead atoms. The summed E-state index contributed by atoms with van der Waals surface area (Å²) >= 11 is 0. The lowest BCUT2D eigenvalue weighted by molar-refractivity contribution is -0.114. The maximum atomic E-state index is 10.8. The Morgan fingerprint density at radius 3 is 2.24 bits per heavy atom. The van der Waals surface area contributed by atoms with Gasteiger partial charge >= 0.3 is 0 Å². The third-order valence-corrected chi connectivity index (χ3v) is 2.07. The lowest BCUT2D eigenvalue weighted by Gasteiger charge is -2.03. The molecular formula is C15H19NO. The van der Waals surface area contributed by atoms with Gasteiger partial charge in [-0.25, -0.2) is 0 Å². The van der Waals surface area contributed by atoms with E-state index in [0.717, 1.165) is 11.1 Å². The SMILES string of the molecule is CC(=O)Nc1ccc2ccccc2c1.CCC. The van der Waals surface area contributed by atoms with E-state index >= 15 is 0 Å². The van der Waals surface area contributed by atoms with E-state index in [2.05, 4.69) is 19.2 Å². The van der Waals surface area contributed by atoms with Crippen molar-refractivity contribution in [2.45, 2.75) is 27.2 Å². The van der Waals surface area contributed by atoms with E-state index in [0.29, 0.717) is 0 Å². The summed E-state index contributed by atoms with van der Waals surface area (Å²) in [6.45, 7) is 5.76. The van der Waals surface area contributed by atoms with Crippen molar-refractivity contribution in [3.05, 3.63) is 42.5 Å². The van der Waals surface area contributed by atoms with Crippen molar-refractivity contribution in [1.29, 1.82) is 0 Å². The predicted octanol–water partition coefficient (Wildman–Crippen LogP) is 4.21. The maximum Gasteiger partial charge on any atom is 0.221 e. The van der Waals surface area contributed by atoms with E-state index < -0.39 is 0 Å². The van der Waals surface area contributed by atoms with Gasteiger partial charge < -0.3 is 5.32 Å². The molecule has 2 rings (SSSR count). The number of rotatable bonds is 1. The number of hydrogen-bond donors (Lipinski definition) is 1. The Balaban J connectivity index is 0.000000437. The zero-order valence-electron chi connectivity index (χ0n) is 10.7. The smallest absolute Gasteiger partial charge is 0.221 e. The Morgan fingerprint density at radius 2 is 1.65 bits per heavy atom. The van der Waals surface area contributed by atoms with Gasteiger partial charge in [0.15, 0.2) is 0 Å². The summed E-state index contributed by atoms with van der Waals surface area (Å²) in [5.41, 5.74) is 0.844. The fourth-order valence-electron chi connectivity index (χ4n) is 1.47. The first-order valence-electron chi connectivity index (χ1n) is 5.93. The highest BCUT2D eigenvalue weighted by atomic mass is 16.1. The van der Waals surface area contributed by atoms with Crippen LogP contribution in [-0.4, -0.2) is 5.91 Å². The molecule has 0 fully saturated rings. The minimum atomic E-state index is -0.0414. The van der Waals surface area contributed by atoms with Crippen LogP contribution in [-0.2, 0) is 4.79 Å². The molecule has 0 saturated heterocycles. The van der Waals surface area contributed by atoms with Crippen LogP contribution in [0.25, 0.3) is 10.8 Å². The summed E-state index contributed by atoms with van der Waals surface area (Å²) in [7, 11) is 0. The molecular weight excluding hydrogens is 210 g/mol. The zero-order chi connectivity index (χ0) is 12.7. The second kappa shape index (κ2) is 6.69. The van der Waals surface area contributed by atoms with Crippen LogP contribution >= 0.6 is 0 Å². The highest BCUT2D eigenvalue weighted by molar-refractivity contribution is 5.93. The minimum absolute atomic E-state index is 0.0414. The molecule has 17 heavy (non-hydrogen) atoms. The van der Waals surface area contributed by atoms with E-state index in [1.807, 2.05) is 42.5 Å². The van der Waals surface area contributed by atoms with Crippen molar-refractivity contribution in [2.75, 3.05) is 5.32 Å². The molecule has 0 spiro atoms. The third-order valence-electron chi connectivity index (χ3n) is 2.07. The monoisotopic (exact) mass is 229 g/mol. The summed E-state index contributed by atoms with van der Waals surface area (Å²) in [6.07, 6.45) is 1.25. The molecule has 90 valence electrons. The van der Waals surface area contributed by atoms with Gasteiger partial charge in [0.25, 0.3) is 0 Å². The van der Waals surface area contributed by atoms with Crippen LogP contribution in [0.2, 0.25) is 0 Å². The van der Waals surface area contributed by atoms with Crippen LogP contribution < -0.4 is 5.32 Å². The van der Waals surface area contributed by atoms with Crippen molar-refractivity contribution in [1.82, 2.24) is 0 Å². The molecule has 1 amide bonds. The largest absolute Gasteiger partial charge is 0.326 e. The second-order valence-electron chi connectivity index (χ2n) is 3.95. The summed E-state index contributed by atoms with van der Waals surface area (Å²) < 4.78 is 0. The van der Waals surface area contributed by atoms with Gasteiger partial charge in [-0.15, -0.1) is 0 Å². The summed E-state index contributed by atoms with van der Waals surface area (Å²) in [6, 6.07) is 13.9. The second-order valence-corrected chi connectivity index (χ2v) is 3.95. The molecule has 0 aliphatic heterocycles. The summed E-state index contributed by atoms with van der Waals surface area (Å²) in [5, 5.41) is 5.08. The van der Waals surface area contributed by atoms with Gasteiger partial charge in [-0.3, -0.25) is 4.79 Å². The fourth-order valence-corrected chi connectivity index (χ4v) is 1.47. The molecule has 2 heteroatoms. The molecule has 2 aromatic carbocycles. The van der Waals surface area contributed by atoms with Gasteiger partial charge in [-0.05, 0) is 22.9 Å². The van der Waals surface area contributed by atoms with Crippen molar-refractivity contribution < 1.29 is 4.79 Å². The lowest BCUT2D eigenvalue weighted by atomic mass is 10.1. The molecule has 0 atom stereocenters. The number of nitrogens with one attached hydrogen (secondary N) is 1. The van der Waals surface area contributed by atoms with E-state index in [1.165, 1.54) is 18.7 Å². The van der Waals surface area contributed by atoms with Gasteiger partial charge in [0.2, 0.25) is 5.91 Å². The number of hydrogen-bond acceptors (Lipinski definition) is 1. The molecule has 0 saturated carbocycles. The van der Waals surface area contributed by atoms with Crippen LogP contribution in [0.15, 0.2) is 42.5 Å². The number of amides is 1. The molecule has 0 radical (unpaired) electrons. The Morgan fingerprint density at radius 1 is 1.06 bits per heavy atom. The number of carbonyl (C=O) groups is 1. The topological polar surface area (TPSA) is 29.1 Å². The van der Waals surface area contributed by atoms with Gasteiger partial charge in [-0.2, -0.15) is 0 Å². The van der Waals surface area contributed by atoms with Gasteiger partial charge in [-0.1, -0.05) is 50.6 Å². The highest BCUT2D eigenvalue weighted by Gasteiger charge is 1.96. The Bertz CT molecular complexity index is 491. The van der Waals surface area contributed by atoms with Crippen LogP contribution in [0.3, 0.4) is 0 Å². The molecule has 2 nitrogen and oxygen atoms in total.